The molecule has 1 fully saturated rings. The molecule has 1 N–H and O–H groups in total. The first-order chi connectivity index (χ1) is 5.33. The van der Waals surface area contributed by atoms with Crippen molar-refractivity contribution >= 4 is 5.97 Å². The van der Waals surface area contributed by atoms with E-state index in [2.05, 4.69) is 15.0 Å². The molecule has 64 valence electrons. The van der Waals surface area contributed by atoms with E-state index >= 15 is 0 Å². The van der Waals surface area contributed by atoms with Crippen LogP contribution in [0.2, 0.25) is 0 Å². The Bertz CT molecular complexity index is 132. The molecule has 0 aromatic rings. The Balaban J connectivity index is 2.06. The van der Waals surface area contributed by atoms with Crippen LogP contribution in [-0.2, 0) is 9.53 Å². The van der Waals surface area contributed by atoms with Crippen molar-refractivity contribution in [3.05, 3.63) is 0 Å². The maximum atomic E-state index is 10.7. The van der Waals surface area contributed by atoms with Gasteiger partial charge in [-0.25, -0.2) is 0 Å². The lowest BCUT2D eigenvalue weighted by Crippen LogP contribution is -2.25. The predicted molar refractivity (Wildman–Crippen MR) is 41.1 cm³/mol. The fourth-order valence-electron chi connectivity index (χ4n) is 1.10. The van der Waals surface area contributed by atoms with E-state index in [1.165, 1.54) is 7.11 Å². The minimum atomic E-state index is -0.128. The zero-order valence-electron chi connectivity index (χ0n) is 6.80. The molecule has 0 aliphatic carbocycles. The molecule has 1 heterocycles. The van der Waals surface area contributed by atoms with Crippen molar-refractivity contribution in [2.75, 3.05) is 33.4 Å². The Morgan fingerprint density at radius 1 is 1.73 bits per heavy atom. The molecule has 0 atom stereocenters. The average Bonchev–Trinajstić information content (AvgIpc) is 2.52. The van der Waals surface area contributed by atoms with Crippen LogP contribution in [0, 0.1) is 0 Å². The van der Waals surface area contributed by atoms with Crippen LogP contribution in [0.1, 0.15) is 6.42 Å². The van der Waals surface area contributed by atoms with Gasteiger partial charge < -0.3 is 10.1 Å². The third kappa shape index (κ3) is 2.86. The van der Waals surface area contributed by atoms with E-state index in [9.17, 15) is 4.79 Å². The summed E-state index contributed by atoms with van der Waals surface area (Å²) in [4.78, 5) is 12.9. The van der Waals surface area contributed by atoms with Gasteiger partial charge in [0.05, 0.1) is 13.5 Å². The maximum absolute atomic E-state index is 10.7. The number of methoxy groups -OCH3 is 1. The van der Waals surface area contributed by atoms with Gasteiger partial charge in [-0.1, -0.05) is 0 Å². The van der Waals surface area contributed by atoms with Gasteiger partial charge in [0.2, 0.25) is 0 Å². The van der Waals surface area contributed by atoms with Crippen molar-refractivity contribution in [3.8, 4) is 0 Å². The second kappa shape index (κ2) is 4.31. The summed E-state index contributed by atoms with van der Waals surface area (Å²) in [5.41, 5.74) is 0. The molecule has 0 unspecified atom stereocenters. The van der Waals surface area contributed by atoms with Crippen LogP contribution in [0.3, 0.4) is 0 Å². The van der Waals surface area contributed by atoms with Crippen molar-refractivity contribution in [1.29, 1.82) is 0 Å². The Morgan fingerprint density at radius 2 is 2.55 bits per heavy atom. The molecule has 0 saturated carbocycles. The van der Waals surface area contributed by atoms with Crippen molar-refractivity contribution < 1.29 is 9.53 Å². The average molecular weight is 158 g/mol. The van der Waals surface area contributed by atoms with E-state index in [1.54, 1.807) is 0 Å². The van der Waals surface area contributed by atoms with Crippen molar-refractivity contribution in [3.63, 3.8) is 0 Å². The lowest BCUT2D eigenvalue weighted by molar-refractivity contribution is -0.140. The zero-order chi connectivity index (χ0) is 8.10. The van der Waals surface area contributed by atoms with Crippen molar-refractivity contribution in [1.82, 2.24) is 10.2 Å². The summed E-state index contributed by atoms with van der Waals surface area (Å²) in [6, 6.07) is 0. The third-order valence-electron chi connectivity index (χ3n) is 1.80. The van der Waals surface area contributed by atoms with Gasteiger partial charge >= 0.3 is 5.97 Å². The van der Waals surface area contributed by atoms with Crippen LogP contribution < -0.4 is 5.32 Å². The zero-order valence-corrected chi connectivity index (χ0v) is 6.80. The highest BCUT2D eigenvalue weighted by atomic mass is 16.5. The monoisotopic (exact) mass is 158 g/mol. The molecule has 4 heteroatoms. The summed E-state index contributed by atoms with van der Waals surface area (Å²) in [6.07, 6.45) is 0.498. The van der Waals surface area contributed by atoms with Crippen molar-refractivity contribution in [2.45, 2.75) is 6.42 Å². The molecule has 0 aromatic heterocycles. The number of rotatable bonds is 3. The highest BCUT2D eigenvalue weighted by Crippen LogP contribution is 1.95. The highest BCUT2D eigenvalue weighted by molar-refractivity contribution is 5.69. The number of hydrogen-bond acceptors (Lipinski definition) is 4. The molecule has 0 radical (unpaired) electrons. The predicted octanol–water partition coefficient (Wildman–Crippen LogP) is -0.588. The smallest absolute Gasteiger partial charge is 0.306 e. The lowest BCUT2D eigenvalue weighted by Gasteiger charge is -2.11. The first-order valence-electron chi connectivity index (χ1n) is 3.83. The van der Waals surface area contributed by atoms with E-state index in [4.69, 9.17) is 0 Å². The van der Waals surface area contributed by atoms with E-state index in [-0.39, 0.29) is 5.97 Å². The summed E-state index contributed by atoms with van der Waals surface area (Å²) in [7, 11) is 1.42. The fraction of sp³-hybridized carbons (Fsp3) is 0.857. The summed E-state index contributed by atoms with van der Waals surface area (Å²) in [5.74, 6) is -0.128. The molecule has 0 aromatic carbocycles. The number of nitrogens with zero attached hydrogens (tertiary/aromatic N) is 1. The molecule has 1 aliphatic heterocycles. The standard InChI is InChI=1S/C7H14N2O2/c1-11-7(10)2-4-9-5-3-8-6-9/h8H,2-6H2,1H3. The van der Waals surface area contributed by atoms with E-state index in [0.29, 0.717) is 6.42 Å². The molecular formula is C7H14N2O2. The van der Waals surface area contributed by atoms with E-state index < -0.39 is 0 Å². The largest absolute Gasteiger partial charge is 0.469 e. The molecular weight excluding hydrogens is 144 g/mol. The molecule has 0 bridgehead atoms. The number of hydrogen-bond donors (Lipinski definition) is 1. The number of carbonyl (C=O) groups excluding carboxylic acids is 1. The first kappa shape index (κ1) is 8.49. The normalized spacial score (nSPS) is 18.6. The summed E-state index contributed by atoms with van der Waals surface area (Å²) in [5, 5.41) is 3.19. The van der Waals surface area contributed by atoms with Gasteiger partial charge in [0, 0.05) is 26.3 Å². The van der Waals surface area contributed by atoms with Gasteiger partial charge in [-0.05, 0) is 0 Å². The van der Waals surface area contributed by atoms with Crippen LogP contribution in [0.15, 0.2) is 0 Å². The van der Waals surface area contributed by atoms with Gasteiger partial charge in [-0.3, -0.25) is 9.69 Å². The van der Waals surface area contributed by atoms with Gasteiger partial charge in [0.15, 0.2) is 0 Å². The lowest BCUT2D eigenvalue weighted by atomic mass is 10.4. The van der Waals surface area contributed by atoms with Gasteiger partial charge in [0.25, 0.3) is 0 Å². The van der Waals surface area contributed by atoms with Crippen LogP contribution >= 0.6 is 0 Å². The molecule has 0 amide bonds. The first-order valence-corrected chi connectivity index (χ1v) is 3.83. The molecule has 0 spiro atoms. The van der Waals surface area contributed by atoms with Crippen LogP contribution in [0.25, 0.3) is 0 Å². The van der Waals surface area contributed by atoms with Crippen LogP contribution in [0.4, 0.5) is 0 Å². The molecule has 1 saturated heterocycles. The van der Waals surface area contributed by atoms with E-state index in [1.807, 2.05) is 0 Å². The number of esters is 1. The fourth-order valence-corrected chi connectivity index (χ4v) is 1.10. The maximum Gasteiger partial charge on any atom is 0.306 e. The number of carbonyl (C=O) groups is 1. The molecule has 1 rings (SSSR count). The Hall–Kier alpha value is -0.610. The topological polar surface area (TPSA) is 41.6 Å². The van der Waals surface area contributed by atoms with Gasteiger partial charge in [-0.15, -0.1) is 0 Å². The number of ether oxygens (including phenoxy) is 1. The number of nitrogens with one attached hydrogen (secondary N) is 1. The minimum Gasteiger partial charge on any atom is -0.469 e. The Morgan fingerprint density at radius 3 is 3.09 bits per heavy atom. The molecule has 1 aliphatic rings. The van der Waals surface area contributed by atoms with E-state index in [0.717, 1.165) is 26.3 Å². The molecule has 11 heavy (non-hydrogen) atoms. The SMILES string of the molecule is COC(=O)CCN1CCNC1. The van der Waals surface area contributed by atoms with Crippen molar-refractivity contribution in [2.24, 2.45) is 0 Å². The summed E-state index contributed by atoms with van der Waals surface area (Å²) in [6.45, 7) is 3.77. The second-order valence-electron chi connectivity index (χ2n) is 2.60. The third-order valence-corrected chi connectivity index (χ3v) is 1.80. The van der Waals surface area contributed by atoms with Gasteiger partial charge in [0.1, 0.15) is 0 Å². The highest BCUT2D eigenvalue weighted by Gasteiger charge is 2.11. The Kier molecular flexibility index (Phi) is 3.32. The minimum absolute atomic E-state index is 0.128. The quantitative estimate of drug-likeness (QED) is 0.557. The Labute approximate surface area is 66.5 Å². The summed E-state index contributed by atoms with van der Waals surface area (Å²) < 4.78 is 4.52. The van der Waals surface area contributed by atoms with Gasteiger partial charge in [-0.2, -0.15) is 0 Å². The molecule has 4 nitrogen and oxygen atoms in total. The van der Waals surface area contributed by atoms with Crippen LogP contribution in [-0.4, -0.2) is 44.3 Å². The van der Waals surface area contributed by atoms with Crippen LogP contribution in [0.5, 0.6) is 0 Å². The second-order valence-corrected chi connectivity index (χ2v) is 2.60. The summed E-state index contributed by atoms with van der Waals surface area (Å²) >= 11 is 0.